The van der Waals surface area contributed by atoms with Crippen molar-refractivity contribution in [2.45, 2.75) is 19.9 Å². The quantitative estimate of drug-likeness (QED) is 0.832. The monoisotopic (exact) mass is 272 g/mol. The lowest BCUT2D eigenvalue weighted by atomic mass is 10.1. The highest BCUT2D eigenvalue weighted by atomic mass is 16.2. The molecule has 0 spiro atoms. The molecule has 1 aromatic heterocycles. The minimum Gasteiger partial charge on any atom is -0.398 e. The molecule has 2 aromatic rings. The van der Waals surface area contributed by atoms with E-state index in [2.05, 4.69) is 10.3 Å². The van der Waals surface area contributed by atoms with E-state index < -0.39 is 0 Å². The summed E-state index contributed by atoms with van der Waals surface area (Å²) >= 11 is 0. The van der Waals surface area contributed by atoms with Gasteiger partial charge in [0.2, 0.25) is 5.91 Å². The highest BCUT2D eigenvalue weighted by molar-refractivity contribution is 6.01. The zero-order valence-electron chi connectivity index (χ0n) is 12.1. The first-order valence-corrected chi connectivity index (χ1v) is 6.61. The number of amides is 1. The Morgan fingerprint density at radius 3 is 2.80 bits per heavy atom. The number of nitrogen functional groups attached to an aromatic ring is 1. The van der Waals surface area contributed by atoms with E-state index in [1.165, 1.54) is 0 Å². The minimum atomic E-state index is 0.00142. The van der Waals surface area contributed by atoms with E-state index in [1.54, 1.807) is 12.4 Å². The van der Waals surface area contributed by atoms with Crippen LogP contribution >= 0.6 is 0 Å². The first kappa shape index (κ1) is 14.1. The molecule has 1 amide bonds. The van der Waals surface area contributed by atoms with E-state index in [9.17, 15) is 4.79 Å². The topological polar surface area (TPSA) is 71.2 Å². The first-order chi connectivity index (χ1) is 9.49. The van der Waals surface area contributed by atoms with E-state index in [-0.39, 0.29) is 11.9 Å². The number of hydrogen-bond acceptors (Lipinski definition) is 4. The minimum absolute atomic E-state index is 0.00142. The Labute approximate surface area is 118 Å². The highest BCUT2D eigenvalue weighted by Crippen LogP contribution is 2.29. The van der Waals surface area contributed by atoms with Crippen molar-refractivity contribution in [1.82, 2.24) is 10.3 Å². The maximum absolute atomic E-state index is 11.9. The van der Waals surface area contributed by atoms with E-state index >= 15 is 0 Å². The predicted molar refractivity (Wildman–Crippen MR) is 82.7 cm³/mol. The van der Waals surface area contributed by atoms with Crippen LogP contribution in [0.4, 0.5) is 11.4 Å². The number of fused-ring (bicyclic) bond motifs is 1. The number of carbonyl (C=O) groups is 1. The molecule has 1 heterocycles. The zero-order chi connectivity index (χ0) is 14.7. The normalized spacial score (nSPS) is 10.8. The maximum atomic E-state index is 11.9. The van der Waals surface area contributed by atoms with Crippen molar-refractivity contribution in [3.8, 4) is 0 Å². The molecule has 0 saturated heterocycles. The van der Waals surface area contributed by atoms with Gasteiger partial charge in [0.25, 0.3) is 0 Å². The molecule has 0 aliphatic carbocycles. The lowest BCUT2D eigenvalue weighted by Crippen LogP contribution is -2.38. The maximum Gasteiger partial charge on any atom is 0.239 e. The number of hydrogen-bond donors (Lipinski definition) is 2. The van der Waals surface area contributed by atoms with Gasteiger partial charge in [0.05, 0.1) is 6.54 Å². The molecule has 0 atom stereocenters. The summed E-state index contributed by atoms with van der Waals surface area (Å²) in [5.74, 6) is 0.00142. The van der Waals surface area contributed by atoms with Crippen LogP contribution in [-0.2, 0) is 4.79 Å². The van der Waals surface area contributed by atoms with Crippen LogP contribution in [0.3, 0.4) is 0 Å². The number of pyridine rings is 1. The molecule has 0 aliphatic rings. The third-order valence-electron chi connectivity index (χ3n) is 3.07. The van der Waals surface area contributed by atoms with Crippen LogP contribution in [0, 0.1) is 0 Å². The van der Waals surface area contributed by atoms with E-state index in [0.717, 1.165) is 16.5 Å². The molecule has 106 valence electrons. The standard InChI is InChI=1S/C15H20N4O/c1-10(2)18-15(20)9-19(3)14-5-4-13(16)12-8-17-7-6-11(12)14/h4-8,10H,9,16H2,1-3H3,(H,18,20). The van der Waals surface area contributed by atoms with Gasteiger partial charge in [-0.3, -0.25) is 9.78 Å². The van der Waals surface area contributed by atoms with Crippen molar-refractivity contribution in [2.75, 3.05) is 24.2 Å². The lowest BCUT2D eigenvalue weighted by Gasteiger charge is -2.21. The van der Waals surface area contributed by atoms with Crippen molar-refractivity contribution in [2.24, 2.45) is 0 Å². The molecule has 5 heteroatoms. The largest absolute Gasteiger partial charge is 0.398 e. The molecule has 3 N–H and O–H groups in total. The van der Waals surface area contributed by atoms with E-state index in [4.69, 9.17) is 5.73 Å². The summed E-state index contributed by atoms with van der Waals surface area (Å²) < 4.78 is 0. The number of aromatic nitrogens is 1. The van der Waals surface area contributed by atoms with Crippen LogP contribution in [-0.4, -0.2) is 30.5 Å². The summed E-state index contributed by atoms with van der Waals surface area (Å²) in [7, 11) is 1.89. The summed E-state index contributed by atoms with van der Waals surface area (Å²) in [6, 6.07) is 5.83. The average molecular weight is 272 g/mol. The van der Waals surface area contributed by atoms with Gasteiger partial charge in [-0.2, -0.15) is 0 Å². The molecule has 0 fully saturated rings. The third kappa shape index (κ3) is 2.99. The fraction of sp³-hybridized carbons (Fsp3) is 0.333. The molecule has 2 rings (SSSR count). The van der Waals surface area contributed by atoms with Crippen molar-refractivity contribution >= 4 is 28.1 Å². The number of anilines is 2. The molecule has 0 saturated carbocycles. The molecule has 1 aromatic carbocycles. The van der Waals surface area contributed by atoms with Gasteiger partial charge in [-0.25, -0.2) is 0 Å². The molecule has 0 aliphatic heterocycles. The van der Waals surface area contributed by atoms with Gasteiger partial charge in [0, 0.05) is 47.6 Å². The van der Waals surface area contributed by atoms with Crippen molar-refractivity contribution < 1.29 is 4.79 Å². The van der Waals surface area contributed by atoms with Crippen molar-refractivity contribution in [3.63, 3.8) is 0 Å². The van der Waals surface area contributed by atoms with Crippen LogP contribution in [0.2, 0.25) is 0 Å². The van der Waals surface area contributed by atoms with Crippen molar-refractivity contribution in [1.29, 1.82) is 0 Å². The Balaban J connectivity index is 2.29. The van der Waals surface area contributed by atoms with Gasteiger partial charge in [-0.15, -0.1) is 0 Å². The van der Waals surface area contributed by atoms with Crippen LogP contribution in [0.5, 0.6) is 0 Å². The molecule has 20 heavy (non-hydrogen) atoms. The van der Waals surface area contributed by atoms with Gasteiger partial charge >= 0.3 is 0 Å². The number of likely N-dealkylation sites (N-methyl/N-ethyl adjacent to an activating group) is 1. The second kappa shape index (κ2) is 5.77. The Bertz CT molecular complexity index is 624. The Morgan fingerprint density at radius 2 is 2.10 bits per heavy atom. The zero-order valence-corrected chi connectivity index (χ0v) is 12.1. The fourth-order valence-electron chi connectivity index (χ4n) is 2.20. The third-order valence-corrected chi connectivity index (χ3v) is 3.07. The first-order valence-electron chi connectivity index (χ1n) is 6.61. The number of rotatable bonds is 4. The Hall–Kier alpha value is -2.30. The fourth-order valence-corrected chi connectivity index (χ4v) is 2.20. The van der Waals surface area contributed by atoms with Crippen LogP contribution < -0.4 is 16.0 Å². The molecule has 0 unspecified atom stereocenters. The number of nitrogens with one attached hydrogen (secondary N) is 1. The van der Waals surface area contributed by atoms with Gasteiger partial charge in [0.15, 0.2) is 0 Å². The summed E-state index contributed by atoms with van der Waals surface area (Å²) in [5, 5.41) is 4.79. The van der Waals surface area contributed by atoms with Crippen LogP contribution in [0.25, 0.3) is 10.8 Å². The lowest BCUT2D eigenvalue weighted by molar-refractivity contribution is -0.120. The SMILES string of the molecule is CC(C)NC(=O)CN(C)c1ccc(N)c2cnccc12. The van der Waals surface area contributed by atoms with Gasteiger partial charge < -0.3 is 16.0 Å². The van der Waals surface area contributed by atoms with E-state index in [1.807, 2.05) is 44.0 Å². The van der Waals surface area contributed by atoms with E-state index in [0.29, 0.717) is 12.2 Å². The Morgan fingerprint density at radius 1 is 1.35 bits per heavy atom. The molecule has 0 radical (unpaired) electrons. The Kier molecular flexibility index (Phi) is 4.08. The van der Waals surface area contributed by atoms with Gasteiger partial charge in [-0.05, 0) is 32.0 Å². The number of nitrogens with zero attached hydrogens (tertiary/aromatic N) is 2. The molecule has 5 nitrogen and oxygen atoms in total. The second-order valence-corrected chi connectivity index (χ2v) is 5.17. The summed E-state index contributed by atoms with van der Waals surface area (Å²) in [6.07, 6.45) is 3.48. The summed E-state index contributed by atoms with van der Waals surface area (Å²) in [6.45, 7) is 4.20. The molecular formula is C15H20N4O. The highest BCUT2D eigenvalue weighted by Gasteiger charge is 2.12. The van der Waals surface area contributed by atoms with Crippen LogP contribution in [0.1, 0.15) is 13.8 Å². The molecular weight excluding hydrogens is 252 g/mol. The van der Waals surface area contributed by atoms with Gasteiger partial charge in [-0.1, -0.05) is 0 Å². The summed E-state index contributed by atoms with van der Waals surface area (Å²) in [5.41, 5.74) is 7.61. The number of carbonyl (C=O) groups excluding carboxylic acids is 1. The van der Waals surface area contributed by atoms with Crippen molar-refractivity contribution in [3.05, 3.63) is 30.6 Å². The average Bonchev–Trinajstić information content (AvgIpc) is 2.38. The summed E-state index contributed by atoms with van der Waals surface area (Å²) in [4.78, 5) is 17.9. The number of benzene rings is 1. The smallest absolute Gasteiger partial charge is 0.239 e. The van der Waals surface area contributed by atoms with Gasteiger partial charge in [0.1, 0.15) is 0 Å². The predicted octanol–water partition coefficient (Wildman–Crippen LogP) is 1.78. The molecule has 0 bridgehead atoms. The number of nitrogens with two attached hydrogens (primary N) is 1. The second-order valence-electron chi connectivity index (χ2n) is 5.17. The van der Waals surface area contributed by atoms with Crippen LogP contribution in [0.15, 0.2) is 30.6 Å².